The molecule has 0 bridgehead atoms. The highest BCUT2D eigenvalue weighted by Gasteiger charge is 2.16. The fourth-order valence-electron chi connectivity index (χ4n) is 0.734. The molecule has 0 spiro atoms. The lowest BCUT2D eigenvalue weighted by atomic mass is 10.2. The summed E-state index contributed by atoms with van der Waals surface area (Å²) >= 11 is -0.0512. The molecule has 14 heavy (non-hydrogen) atoms. The van der Waals surface area contributed by atoms with E-state index in [-0.39, 0.29) is 20.7 Å². The number of carbonyl (C=O) groups excluding carboxylic acids is 1. The number of amidine groups is 1. The molecule has 1 rings (SSSR count). The number of amides is 1. The van der Waals surface area contributed by atoms with Crippen LogP contribution in [0.15, 0.2) is 15.2 Å². The third-order valence-corrected chi connectivity index (χ3v) is 2.54. The normalized spacial score (nSPS) is 15.5. The molecule has 0 aliphatic carbocycles. The lowest BCUT2D eigenvalue weighted by Gasteiger charge is -2.19. The number of carbonyl (C=O) groups is 1. The maximum absolute atomic E-state index is 11.3. The van der Waals surface area contributed by atoms with Gasteiger partial charge in [0.15, 0.2) is 0 Å². The second kappa shape index (κ2) is 4.68. The van der Waals surface area contributed by atoms with Crippen molar-refractivity contribution in [2.75, 3.05) is 0 Å². The molecule has 0 unspecified atom stereocenters. The smallest absolute Gasteiger partial charge is 0.413 e. The molecular formula is C9H13IN2O2. The van der Waals surface area contributed by atoms with E-state index in [1.54, 1.807) is 6.08 Å². The van der Waals surface area contributed by atoms with Crippen molar-refractivity contribution in [3.63, 3.8) is 0 Å². The fraction of sp³-hybridized carbons (Fsp3) is 0.444. The molecule has 5 heteroatoms. The van der Waals surface area contributed by atoms with Crippen LogP contribution in [0.25, 0.3) is 0 Å². The van der Waals surface area contributed by atoms with Crippen molar-refractivity contribution < 1.29 is 9.53 Å². The van der Waals surface area contributed by atoms with E-state index < -0.39 is 11.7 Å². The van der Waals surface area contributed by atoms with Gasteiger partial charge >= 0.3 is 6.09 Å². The van der Waals surface area contributed by atoms with Gasteiger partial charge in [-0.15, -0.1) is 0 Å². The van der Waals surface area contributed by atoms with Crippen LogP contribution in [0.4, 0.5) is 4.79 Å². The highest BCUT2D eigenvalue weighted by Crippen LogP contribution is 2.07. The van der Waals surface area contributed by atoms with E-state index in [1.807, 2.05) is 29.0 Å². The van der Waals surface area contributed by atoms with E-state index in [0.29, 0.717) is 5.84 Å². The zero-order valence-corrected chi connectivity index (χ0v) is 10.5. The molecule has 0 fully saturated rings. The monoisotopic (exact) mass is 308 g/mol. The Balaban J connectivity index is 2.46. The van der Waals surface area contributed by atoms with Gasteiger partial charge < -0.3 is 4.74 Å². The lowest BCUT2D eigenvalue weighted by molar-refractivity contribution is 0.0563. The minimum absolute atomic E-state index is 0.0512. The first kappa shape index (κ1) is 11.4. The summed E-state index contributed by atoms with van der Waals surface area (Å²) < 4.78 is 8.94. The summed E-state index contributed by atoms with van der Waals surface area (Å²) in [6.45, 7) is 5.47. The molecule has 1 aliphatic heterocycles. The Kier molecular flexibility index (Phi) is 3.79. The van der Waals surface area contributed by atoms with Crippen LogP contribution in [-0.2, 0) is 4.74 Å². The Labute approximate surface area is 93.2 Å². The Morgan fingerprint density at radius 3 is 2.79 bits per heavy atom. The topological polar surface area (TPSA) is 50.7 Å². The summed E-state index contributed by atoms with van der Waals surface area (Å²) in [6.07, 6.45) is 1.34. The third kappa shape index (κ3) is 4.50. The van der Waals surface area contributed by atoms with E-state index >= 15 is 0 Å². The number of alkyl carbamates (subject to hydrolysis) is 1. The summed E-state index contributed by atoms with van der Waals surface area (Å²) in [4.78, 5) is 15.3. The van der Waals surface area contributed by atoms with E-state index in [4.69, 9.17) is 4.74 Å². The van der Waals surface area contributed by atoms with E-state index in [0.717, 1.165) is 0 Å². The first-order valence-electron chi connectivity index (χ1n) is 4.15. The largest absolute Gasteiger partial charge is 0.444 e. The maximum atomic E-state index is 11.3. The molecule has 1 heterocycles. The van der Waals surface area contributed by atoms with Crippen molar-refractivity contribution in [1.82, 2.24) is 5.32 Å². The first-order valence-corrected chi connectivity index (χ1v) is 6.64. The van der Waals surface area contributed by atoms with Gasteiger partial charge in [0.25, 0.3) is 0 Å². The summed E-state index contributed by atoms with van der Waals surface area (Å²) in [5.41, 5.74) is -0.473. The highest BCUT2D eigenvalue weighted by molar-refractivity contribution is 14.2. The predicted molar refractivity (Wildman–Crippen MR) is 66.0 cm³/mol. The number of hydrogen-bond donors (Lipinski definition) is 1. The zero-order chi connectivity index (χ0) is 10.6. The van der Waals surface area contributed by atoms with Crippen molar-refractivity contribution in [2.24, 2.45) is 4.99 Å². The SMILES string of the molecule is CC(C)(C)OC(=O)NC1=NC=IC=C1. The quantitative estimate of drug-likeness (QED) is 0.697. The molecule has 1 amide bonds. The fourth-order valence-corrected chi connectivity index (χ4v) is 1.93. The molecule has 0 radical (unpaired) electrons. The summed E-state index contributed by atoms with van der Waals surface area (Å²) in [5, 5.41) is 2.56. The van der Waals surface area contributed by atoms with Gasteiger partial charge in [-0.3, -0.25) is 5.32 Å². The number of aliphatic imine (C=N–C) groups is 1. The molecule has 4 nitrogen and oxygen atoms in total. The Bertz CT molecular complexity index is 313. The predicted octanol–water partition coefficient (Wildman–Crippen LogP) is 2.17. The molecule has 1 N–H and O–H groups in total. The summed E-state index contributed by atoms with van der Waals surface area (Å²) in [5.74, 6) is 0.546. The van der Waals surface area contributed by atoms with Gasteiger partial charge in [-0.1, -0.05) is 20.7 Å². The van der Waals surface area contributed by atoms with Crippen LogP contribution in [0.2, 0.25) is 0 Å². The third-order valence-electron chi connectivity index (χ3n) is 1.17. The van der Waals surface area contributed by atoms with Crippen molar-refractivity contribution >= 4 is 36.8 Å². The van der Waals surface area contributed by atoms with Gasteiger partial charge in [0.2, 0.25) is 0 Å². The molecule has 0 atom stereocenters. The van der Waals surface area contributed by atoms with Crippen LogP contribution in [0, 0.1) is 0 Å². The number of ether oxygens (including phenoxy) is 1. The van der Waals surface area contributed by atoms with Gasteiger partial charge in [0.05, 0.1) is 4.14 Å². The molecule has 0 saturated heterocycles. The number of nitrogens with one attached hydrogen (secondary N) is 1. The first-order chi connectivity index (χ1) is 6.47. The van der Waals surface area contributed by atoms with Crippen LogP contribution in [0.3, 0.4) is 0 Å². The van der Waals surface area contributed by atoms with Gasteiger partial charge in [-0.2, -0.15) is 0 Å². The summed E-state index contributed by atoms with van der Waals surface area (Å²) in [7, 11) is 0. The van der Waals surface area contributed by atoms with Crippen LogP contribution >= 0.6 is 20.7 Å². The standard InChI is InChI=1S/C9H13IN2O2/c1-9(2,3)14-8(13)12-7-4-5-10-6-11-7/h4-6H,1-3H3,(H,11,12,13). The summed E-state index contributed by atoms with van der Waals surface area (Å²) in [6, 6.07) is 0. The molecule has 78 valence electrons. The molecular weight excluding hydrogens is 295 g/mol. The molecule has 0 aromatic carbocycles. The van der Waals surface area contributed by atoms with Crippen LogP contribution < -0.4 is 5.32 Å². The second-order valence-electron chi connectivity index (χ2n) is 3.66. The average Bonchev–Trinajstić information content (AvgIpc) is 2.02. The van der Waals surface area contributed by atoms with Crippen LogP contribution in [0.5, 0.6) is 0 Å². The lowest BCUT2D eigenvalue weighted by Crippen LogP contribution is -2.35. The molecule has 1 aliphatic rings. The van der Waals surface area contributed by atoms with Crippen molar-refractivity contribution in [3.8, 4) is 0 Å². The number of nitrogens with zero attached hydrogens (tertiary/aromatic N) is 1. The van der Waals surface area contributed by atoms with E-state index in [2.05, 4.69) is 10.3 Å². The molecule has 0 aromatic heterocycles. The number of halogens is 1. The van der Waals surface area contributed by atoms with Gasteiger partial charge in [0.1, 0.15) is 11.4 Å². The van der Waals surface area contributed by atoms with Crippen molar-refractivity contribution in [3.05, 3.63) is 10.2 Å². The maximum Gasteiger partial charge on any atom is 0.413 e. The minimum atomic E-state index is -0.473. The average molecular weight is 308 g/mol. The van der Waals surface area contributed by atoms with Gasteiger partial charge in [0, 0.05) is 0 Å². The van der Waals surface area contributed by atoms with Crippen LogP contribution in [0.1, 0.15) is 20.8 Å². The number of hydrogen-bond acceptors (Lipinski definition) is 3. The zero-order valence-electron chi connectivity index (χ0n) is 8.37. The Morgan fingerprint density at radius 1 is 1.57 bits per heavy atom. The van der Waals surface area contributed by atoms with Gasteiger partial charge in [-0.05, 0) is 30.9 Å². The van der Waals surface area contributed by atoms with Crippen LogP contribution in [-0.4, -0.2) is 21.7 Å². The highest BCUT2D eigenvalue weighted by atomic mass is 127. The minimum Gasteiger partial charge on any atom is -0.444 e. The van der Waals surface area contributed by atoms with E-state index in [1.165, 1.54) is 0 Å². The second-order valence-corrected chi connectivity index (χ2v) is 5.65. The number of rotatable bonds is 0. The van der Waals surface area contributed by atoms with Crippen molar-refractivity contribution in [1.29, 1.82) is 0 Å². The Hall–Kier alpha value is -0.720. The van der Waals surface area contributed by atoms with E-state index in [9.17, 15) is 4.79 Å². The molecule has 0 saturated carbocycles. The Morgan fingerprint density at radius 2 is 2.29 bits per heavy atom. The molecule has 0 aromatic rings. The van der Waals surface area contributed by atoms with Gasteiger partial charge in [-0.25, -0.2) is 9.79 Å². The van der Waals surface area contributed by atoms with Crippen molar-refractivity contribution in [2.45, 2.75) is 26.4 Å².